The van der Waals surface area contributed by atoms with Crippen molar-refractivity contribution in [3.8, 4) is 0 Å². The molecule has 1 aliphatic rings. The molecule has 0 saturated carbocycles. The summed E-state index contributed by atoms with van der Waals surface area (Å²) in [6.45, 7) is 3.04. The van der Waals surface area contributed by atoms with E-state index in [0.29, 0.717) is 49.0 Å². The van der Waals surface area contributed by atoms with Crippen LogP contribution in [0.2, 0.25) is 5.02 Å². The van der Waals surface area contributed by atoms with Gasteiger partial charge in [-0.2, -0.15) is 13.2 Å². The van der Waals surface area contributed by atoms with Crippen molar-refractivity contribution in [2.24, 2.45) is 0 Å². The molecule has 1 saturated heterocycles. The minimum atomic E-state index is -4.42. The summed E-state index contributed by atoms with van der Waals surface area (Å²) in [5.41, 5.74) is 1.24. The van der Waals surface area contributed by atoms with Crippen LogP contribution >= 0.6 is 23.4 Å². The quantitative estimate of drug-likeness (QED) is 0.445. The Balaban J connectivity index is 1.63. The maximum absolute atomic E-state index is 14.2. The van der Waals surface area contributed by atoms with Crippen LogP contribution in [0, 0.1) is 11.6 Å². The van der Waals surface area contributed by atoms with Gasteiger partial charge in [0, 0.05) is 48.7 Å². The average Bonchev–Trinajstić information content (AvgIpc) is 2.63. The summed E-state index contributed by atoms with van der Waals surface area (Å²) in [6.07, 6.45) is -4.42. The highest BCUT2D eigenvalue weighted by atomic mass is 35.5. The topological polar surface area (TPSA) is 6.48 Å². The number of thioether (sulfide) groups is 1. The third kappa shape index (κ3) is 5.75. The van der Waals surface area contributed by atoms with Gasteiger partial charge in [-0.3, -0.25) is 4.90 Å². The molecule has 2 aromatic rings. The Labute approximate surface area is 169 Å². The number of anilines is 1. The van der Waals surface area contributed by atoms with Gasteiger partial charge in [-0.15, -0.1) is 11.8 Å². The SMILES string of the molecule is Fc1cc(F)c(N2CCN(Cc3ccc(Cl)cc3)CC2)cc1SCC(F)(F)F. The summed E-state index contributed by atoms with van der Waals surface area (Å²) < 4.78 is 65.3. The fraction of sp³-hybridized carbons (Fsp3) is 0.368. The fourth-order valence-corrected chi connectivity index (χ4v) is 3.86. The molecule has 0 aliphatic carbocycles. The van der Waals surface area contributed by atoms with Crippen LogP contribution < -0.4 is 4.90 Å². The molecule has 1 heterocycles. The first kappa shape index (κ1) is 21.2. The number of piperazine rings is 1. The fourth-order valence-electron chi connectivity index (χ4n) is 3.03. The van der Waals surface area contributed by atoms with E-state index in [-0.39, 0.29) is 10.6 Å². The number of halogens is 6. The number of hydrogen-bond acceptors (Lipinski definition) is 3. The Morgan fingerprint density at radius 2 is 1.57 bits per heavy atom. The van der Waals surface area contributed by atoms with E-state index in [2.05, 4.69) is 4.90 Å². The summed E-state index contributed by atoms with van der Waals surface area (Å²) in [6, 6.07) is 9.36. The molecule has 0 atom stereocenters. The van der Waals surface area contributed by atoms with Gasteiger partial charge < -0.3 is 4.90 Å². The number of alkyl halides is 3. The first-order valence-corrected chi connectivity index (χ1v) is 9.98. The normalized spacial score (nSPS) is 15.9. The summed E-state index contributed by atoms with van der Waals surface area (Å²) in [4.78, 5) is 3.74. The Bertz CT molecular complexity index is 805. The van der Waals surface area contributed by atoms with Crippen molar-refractivity contribution in [3.05, 3.63) is 58.6 Å². The molecule has 0 N–H and O–H groups in total. The molecule has 9 heteroatoms. The maximum Gasteiger partial charge on any atom is 0.398 e. The van der Waals surface area contributed by atoms with E-state index in [0.717, 1.165) is 12.1 Å². The zero-order valence-electron chi connectivity index (χ0n) is 14.8. The van der Waals surface area contributed by atoms with Gasteiger partial charge in [-0.25, -0.2) is 8.78 Å². The Morgan fingerprint density at radius 1 is 0.929 bits per heavy atom. The molecular formula is C19H18ClF5N2S. The van der Waals surface area contributed by atoms with Gasteiger partial charge in [0.1, 0.15) is 11.6 Å². The molecule has 2 nitrogen and oxygen atoms in total. The van der Waals surface area contributed by atoms with E-state index >= 15 is 0 Å². The van der Waals surface area contributed by atoms with Gasteiger partial charge in [0.25, 0.3) is 0 Å². The summed E-state index contributed by atoms with van der Waals surface area (Å²) in [5, 5.41) is 0.666. The molecule has 3 rings (SSSR count). The zero-order valence-corrected chi connectivity index (χ0v) is 16.3. The van der Waals surface area contributed by atoms with E-state index in [4.69, 9.17) is 11.6 Å². The van der Waals surface area contributed by atoms with E-state index in [9.17, 15) is 22.0 Å². The zero-order chi connectivity index (χ0) is 20.3. The Hall–Kier alpha value is -1.51. The maximum atomic E-state index is 14.2. The van der Waals surface area contributed by atoms with Crippen LogP contribution in [0.3, 0.4) is 0 Å². The predicted octanol–water partition coefficient (Wildman–Crippen LogP) is 5.59. The second-order valence-electron chi connectivity index (χ2n) is 6.53. The molecule has 28 heavy (non-hydrogen) atoms. The van der Waals surface area contributed by atoms with E-state index < -0.39 is 23.6 Å². The minimum Gasteiger partial charge on any atom is -0.367 e. The van der Waals surface area contributed by atoms with Gasteiger partial charge in [0.15, 0.2) is 0 Å². The molecule has 2 aromatic carbocycles. The average molecular weight is 437 g/mol. The van der Waals surface area contributed by atoms with Crippen molar-refractivity contribution < 1.29 is 22.0 Å². The lowest BCUT2D eigenvalue weighted by Crippen LogP contribution is -2.46. The highest BCUT2D eigenvalue weighted by Gasteiger charge is 2.29. The summed E-state index contributed by atoms with van der Waals surface area (Å²) >= 11 is 6.21. The molecule has 152 valence electrons. The van der Waals surface area contributed by atoms with Gasteiger partial charge in [0.05, 0.1) is 11.4 Å². The molecule has 0 aromatic heterocycles. The highest BCUT2D eigenvalue weighted by Crippen LogP contribution is 2.33. The lowest BCUT2D eigenvalue weighted by molar-refractivity contribution is -0.105. The Morgan fingerprint density at radius 3 is 2.18 bits per heavy atom. The van der Waals surface area contributed by atoms with E-state index in [1.165, 1.54) is 6.07 Å². The molecule has 0 radical (unpaired) electrons. The molecule has 1 fully saturated rings. The van der Waals surface area contributed by atoms with Gasteiger partial charge in [0.2, 0.25) is 0 Å². The Kier molecular flexibility index (Phi) is 6.73. The third-order valence-electron chi connectivity index (χ3n) is 4.43. The van der Waals surface area contributed by atoms with Gasteiger partial charge >= 0.3 is 6.18 Å². The number of hydrogen-bond donors (Lipinski definition) is 0. The number of benzene rings is 2. The van der Waals surface area contributed by atoms with Crippen molar-refractivity contribution in [1.29, 1.82) is 0 Å². The first-order chi connectivity index (χ1) is 13.2. The second kappa shape index (κ2) is 8.88. The van der Waals surface area contributed by atoms with Gasteiger partial charge in [-0.05, 0) is 23.8 Å². The molecule has 0 spiro atoms. The third-order valence-corrected chi connectivity index (χ3v) is 5.77. The molecule has 1 aliphatic heterocycles. The monoisotopic (exact) mass is 436 g/mol. The van der Waals surface area contributed by atoms with E-state index in [1.54, 1.807) is 4.90 Å². The molecule has 0 bridgehead atoms. The predicted molar refractivity (Wildman–Crippen MR) is 102 cm³/mol. The van der Waals surface area contributed by atoms with Crippen LogP contribution in [0.25, 0.3) is 0 Å². The molecule has 0 amide bonds. The van der Waals surface area contributed by atoms with Crippen molar-refractivity contribution >= 4 is 29.1 Å². The summed E-state index contributed by atoms with van der Waals surface area (Å²) in [7, 11) is 0. The van der Waals surface area contributed by atoms with E-state index in [1.807, 2.05) is 24.3 Å². The van der Waals surface area contributed by atoms with Crippen LogP contribution in [0.15, 0.2) is 41.3 Å². The number of nitrogens with zero attached hydrogens (tertiary/aromatic N) is 2. The molecular weight excluding hydrogens is 419 g/mol. The van der Waals surface area contributed by atoms with Crippen molar-refractivity contribution in [2.45, 2.75) is 17.6 Å². The first-order valence-electron chi connectivity index (χ1n) is 8.61. The van der Waals surface area contributed by atoms with Crippen LogP contribution in [0.4, 0.5) is 27.6 Å². The lowest BCUT2D eigenvalue weighted by atomic mass is 10.2. The second-order valence-corrected chi connectivity index (χ2v) is 7.98. The van der Waals surface area contributed by atoms with Gasteiger partial charge in [-0.1, -0.05) is 23.7 Å². The van der Waals surface area contributed by atoms with Crippen molar-refractivity contribution in [2.75, 3.05) is 36.8 Å². The minimum absolute atomic E-state index is 0.136. The van der Waals surface area contributed by atoms with Crippen LogP contribution in [0.5, 0.6) is 0 Å². The van der Waals surface area contributed by atoms with Crippen LogP contribution in [0.1, 0.15) is 5.56 Å². The molecule has 0 unspecified atom stereocenters. The summed E-state index contributed by atoms with van der Waals surface area (Å²) in [5.74, 6) is -2.96. The lowest BCUT2D eigenvalue weighted by Gasteiger charge is -2.36. The van der Waals surface area contributed by atoms with Crippen molar-refractivity contribution in [3.63, 3.8) is 0 Å². The highest BCUT2D eigenvalue weighted by molar-refractivity contribution is 7.99. The van der Waals surface area contributed by atoms with Crippen molar-refractivity contribution in [1.82, 2.24) is 4.90 Å². The standard InChI is InChI=1S/C19H18ClF5N2S/c20-14-3-1-13(2-4-14)11-26-5-7-27(8-6-26)17-10-18(16(22)9-15(17)21)28-12-19(23,24)25/h1-4,9-10H,5-8,11-12H2. The van der Waals surface area contributed by atoms with Crippen LogP contribution in [-0.4, -0.2) is 43.0 Å². The smallest absolute Gasteiger partial charge is 0.367 e. The van der Waals surface area contributed by atoms with Crippen LogP contribution in [-0.2, 0) is 6.54 Å². The number of rotatable bonds is 5. The largest absolute Gasteiger partial charge is 0.398 e.